The molecular weight excluding hydrogens is 284 g/mol. The molecule has 0 aliphatic carbocycles. The normalized spacial score (nSPS) is 25.9. The highest BCUT2D eigenvalue weighted by atomic mass is 32.1. The first-order valence-electron chi connectivity index (χ1n) is 7.86. The number of hydrogen-bond donors (Lipinski definition) is 1. The highest BCUT2D eigenvalue weighted by molar-refractivity contribution is 7.15. The van der Waals surface area contributed by atoms with E-state index in [1.54, 1.807) is 18.4 Å². The van der Waals surface area contributed by atoms with Crippen LogP contribution in [0.25, 0.3) is 0 Å². The van der Waals surface area contributed by atoms with E-state index in [1.807, 2.05) is 19.0 Å². The van der Waals surface area contributed by atoms with Crippen molar-refractivity contribution in [2.75, 3.05) is 39.2 Å². The van der Waals surface area contributed by atoms with Gasteiger partial charge in [-0.05, 0) is 38.8 Å². The zero-order valence-corrected chi connectivity index (χ0v) is 14.1. The predicted octanol–water partition coefficient (Wildman–Crippen LogP) is 1.93. The number of ether oxygens (including phenoxy) is 1. The van der Waals surface area contributed by atoms with Crippen molar-refractivity contribution in [2.45, 2.75) is 44.3 Å². The van der Waals surface area contributed by atoms with Gasteiger partial charge in [-0.25, -0.2) is 0 Å². The van der Waals surface area contributed by atoms with E-state index in [0.717, 1.165) is 23.6 Å². The Labute approximate surface area is 131 Å². The van der Waals surface area contributed by atoms with Crippen LogP contribution in [0.3, 0.4) is 0 Å². The van der Waals surface area contributed by atoms with Crippen LogP contribution in [-0.4, -0.2) is 56.3 Å². The largest absolute Gasteiger partial charge is 0.480 e. The minimum absolute atomic E-state index is 0.638. The van der Waals surface area contributed by atoms with Crippen molar-refractivity contribution in [1.82, 2.24) is 15.2 Å². The Bertz CT molecular complexity index is 476. The molecule has 3 rings (SSSR count). The fourth-order valence-corrected chi connectivity index (χ4v) is 4.34. The summed E-state index contributed by atoms with van der Waals surface area (Å²) in [4.78, 5) is 10.4. The van der Waals surface area contributed by atoms with Crippen molar-refractivity contribution in [3.63, 3.8) is 0 Å². The molecule has 0 radical (unpaired) electrons. The molecule has 21 heavy (non-hydrogen) atoms. The molecule has 1 N–H and O–H groups in total. The van der Waals surface area contributed by atoms with Crippen LogP contribution in [0.5, 0.6) is 5.88 Å². The van der Waals surface area contributed by atoms with Gasteiger partial charge in [-0.3, -0.25) is 0 Å². The molecule has 3 heterocycles. The molecule has 118 valence electrons. The first-order valence-corrected chi connectivity index (χ1v) is 8.67. The number of methoxy groups -OCH3 is 1. The lowest BCUT2D eigenvalue weighted by Gasteiger charge is -2.35. The first kappa shape index (κ1) is 15.1. The number of hydrogen-bond acceptors (Lipinski definition) is 6. The number of thiazole rings is 1. The zero-order valence-electron chi connectivity index (χ0n) is 13.3. The molecule has 2 saturated heterocycles. The van der Waals surface area contributed by atoms with Crippen molar-refractivity contribution >= 4 is 16.5 Å². The SMILES string of the molecule is COc1nc(N(C)C)sc1CNC1CCN2CCCC2C1. The molecule has 0 amide bonds. The maximum atomic E-state index is 5.41. The molecule has 5 nitrogen and oxygen atoms in total. The number of nitrogens with one attached hydrogen (secondary N) is 1. The number of aromatic nitrogens is 1. The van der Waals surface area contributed by atoms with Crippen molar-refractivity contribution < 1.29 is 4.74 Å². The van der Waals surface area contributed by atoms with E-state index in [-0.39, 0.29) is 0 Å². The summed E-state index contributed by atoms with van der Waals surface area (Å²) < 4.78 is 5.41. The van der Waals surface area contributed by atoms with Crippen LogP contribution in [-0.2, 0) is 6.54 Å². The second-order valence-electron chi connectivity index (χ2n) is 6.26. The van der Waals surface area contributed by atoms with Crippen molar-refractivity contribution in [3.05, 3.63) is 4.88 Å². The fraction of sp³-hybridized carbons (Fsp3) is 0.800. The maximum absolute atomic E-state index is 5.41. The fourth-order valence-electron chi connectivity index (χ4n) is 3.44. The molecule has 2 aliphatic rings. The van der Waals surface area contributed by atoms with Gasteiger partial charge in [0.05, 0.1) is 12.0 Å². The van der Waals surface area contributed by atoms with Gasteiger partial charge in [-0.15, -0.1) is 0 Å². The smallest absolute Gasteiger partial charge is 0.230 e. The van der Waals surface area contributed by atoms with Crippen LogP contribution in [0.1, 0.15) is 30.6 Å². The molecular formula is C15H26N4OS. The summed E-state index contributed by atoms with van der Waals surface area (Å²) in [6.45, 7) is 3.43. The summed E-state index contributed by atoms with van der Waals surface area (Å²) in [6.07, 6.45) is 5.32. The zero-order chi connectivity index (χ0) is 14.8. The Balaban J connectivity index is 1.57. The van der Waals surface area contributed by atoms with E-state index >= 15 is 0 Å². The van der Waals surface area contributed by atoms with E-state index in [9.17, 15) is 0 Å². The monoisotopic (exact) mass is 310 g/mol. The Hall–Kier alpha value is -0.850. The Morgan fingerprint density at radius 3 is 3.00 bits per heavy atom. The summed E-state index contributed by atoms with van der Waals surface area (Å²) in [5.74, 6) is 0.773. The van der Waals surface area contributed by atoms with E-state index in [2.05, 4.69) is 15.2 Å². The van der Waals surface area contributed by atoms with Gasteiger partial charge in [-0.2, -0.15) is 4.98 Å². The molecule has 0 saturated carbocycles. The lowest BCUT2D eigenvalue weighted by molar-refractivity contribution is 0.166. The number of rotatable bonds is 5. The molecule has 2 aliphatic heterocycles. The average molecular weight is 310 g/mol. The lowest BCUT2D eigenvalue weighted by Crippen LogP contribution is -2.45. The molecule has 6 heteroatoms. The molecule has 2 fully saturated rings. The van der Waals surface area contributed by atoms with Gasteiger partial charge < -0.3 is 19.9 Å². The Morgan fingerprint density at radius 1 is 1.38 bits per heavy atom. The number of fused-ring (bicyclic) bond motifs is 1. The molecule has 1 aromatic rings. The van der Waals surface area contributed by atoms with Gasteiger partial charge in [0.25, 0.3) is 0 Å². The number of piperidine rings is 1. The minimum atomic E-state index is 0.638. The van der Waals surface area contributed by atoms with Crippen LogP contribution >= 0.6 is 11.3 Å². The quantitative estimate of drug-likeness (QED) is 0.900. The van der Waals surface area contributed by atoms with Crippen LogP contribution < -0.4 is 15.0 Å². The third-order valence-corrected chi connectivity index (χ3v) is 5.80. The average Bonchev–Trinajstić information content (AvgIpc) is 3.10. The van der Waals surface area contributed by atoms with Crippen molar-refractivity contribution in [1.29, 1.82) is 0 Å². The third kappa shape index (κ3) is 3.33. The summed E-state index contributed by atoms with van der Waals surface area (Å²) in [5, 5.41) is 4.73. The van der Waals surface area contributed by atoms with E-state index in [1.165, 1.54) is 43.6 Å². The van der Waals surface area contributed by atoms with E-state index < -0.39 is 0 Å². The highest BCUT2D eigenvalue weighted by Gasteiger charge is 2.31. The summed E-state index contributed by atoms with van der Waals surface area (Å²) >= 11 is 1.72. The summed E-state index contributed by atoms with van der Waals surface area (Å²) in [6, 6.07) is 1.45. The molecule has 1 aromatic heterocycles. The first-order chi connectivity index (χ1) is 10.2. The van der Waals surface area contributed by atoms with E-state index in [0.29, 0.717) is 6.04 Å². The van der Waals surface area contributed by atoms with Gasteiger partial charge in [-0.1, -0.05) is 11.3 Å². The standard InChI is InChI=1S/C15H26N4OS/c1-18(2)15-17-14(20-3)13(21-15)10-16-11-6-8-19-7-4-5-12(19)9-11/h11-12,16H,4-10H2,1-3H3. The summed E-state index contributed by atoms with van der Waals surface area (Å²) in [5.41, 5.74) is 0. The van der Waals surface area contributed by atoms with Crippen LogP contribution in [0.2, 0.25) is 0 Å². The molecule has 2 unspecified atom stereocenters. The van der Waals surface area contributed by atoms with Gasteiger partial charge >= 0.3 is 0 Å². The van der Waals surface area contributed by atoms with Gasteiger partial charge in [0.15, 0.2) is 5.13 Å². The van der Waals surface area contributed by atoms with Gasteiger partial charge in [0.2, 0.25) is 5.88 Å². The maximum Gasteiger partial charge on any atom is 0.230 e. The number of nitrogens with zero attached hydrogens (tertiary/aromatic N) is 3. The second-order valence-corrected chi connectivity index (χ2v) is 7.32. The van der Waals surface area contributed by atoms with Crippen LogP contribution in [0.15, 0.2) is 0 Å². The van der Waals surface area contributed by atoms with Crippen molar-refractivity contribution in [2.24, 2.45) is 0 Å². The molecule has 0 aromatic carbocycles. The molecule has 0 bridgehead atoms. The number of anilines is 1. The van der Waals surface area contributed by atoms with Gasteiger partial charge in [0, 0.05) is 32.7 Å². The Morgan fingerprint density at radius 2 is 2.24 bits per heavy atom. The third-order valence-electron chi connectivity index (χ3n) is 4.60. The predicted molar refractivity (Wildman–Crippen MR) is 87.4 cm³/mol. The van der Waals surface area contributed by atoms with Crippen LogP contribution in [0.4, 0.5) is 5.13 Å². The van der Waals surface area contributed by atoms with E-state index in [4.69, 9.17) is 4.74 Å². The van der Waals surface area contributed by atoms with Gasteiger partial charge in [0.1, 0.15) is 0 Å². The van der Waals surface area contributed by atoms with Crippen LogP contribution in [0, 0.1) is 0 Å². The van der Waals surface area contributed by atoms with Crippen molar-refractivity contribution in [3.8, 4) is 5.88 Å². The lowest BCUT2D eigenvalue weighted by atomic mass is 9.97. The minimum Gasteiger partial charge on any atom is -0.480 e. The molecule has 0 spiro atoms. The topological polar surface area (TPSA) is 40.6 Å². The summed E-state index contributed by atoms with van der Waals surface area (Å²) in [7, 11) is 5.74. The second kappa shape index (κ2) is 6.50. The molecule has 2 atom stereocenters. The highest BCUT2D eigenvalue weighted by Crippen LogP contribution is 2.31. The Kier molecular flexibility index (Phi) is 4.66.